The molecule has 1 radical (unpaired) electrons. The first kappa shape index (κ1) is 9.88. The van der Waals surface area contributed by atoms with Gasteiger partial charge in [0, 0.05) is 19.8 Å². The smallest absolute Gasteiger partial charge is 0.180 e. The van der Waals surface area contributed by atoms with E-state index < -0.39 is 6.79 Å². The van der Waals surface area contributed by atoms with Crippen LogP contribution in [0.1, 0.15) is 19.8 Å². The van der Waals surface area contributed by atoms with Gasteiger partial charge in [0.2, 0.25) is 0 Å². The van der Waals surface area contributed by atoms with Crippen molar-refractivity contribution < 1.29 is 14.6 Å². The molecule has 3 heteroatoms. The third-order valence-electron chi connectivity index (χ3n) is 1.11. The molecule has 0 N–H and O–H groups in total. The van der Waals surface area contributed by atoms with E-state index in [0.29, 0.717) is 6.61 Å². The van der Waals surface area contributed by atoms with E-state index in [-0.39, 0.29) is 0 Å². The summed E-state index contributed by atoms with van der Waals surface area (Å²) in [6.45, 7) is 3.65. The predicted octanol–water partition coefficient (Wildman–Crippen LogP) is 1.21. The highest BCUT2D eigenvalue weighted by molar-refractivity contribution is 4.35. The molecular formula is C7H15O3. The van der Waals surface area contributed by atoms with Crippen molar-refractivity contribution in [2.24, 2.45) is 0 Å². The molecule has 0 aliphatic heterocycles. The first-order chi connectivity index (χ1) is 4.91. The van der Waals surface area contributed by atoms with Gasteiger partial charge in [-0.05, 0) is 19.8 Å². The van der Waals surface area contributed by atoms with Crippen molar-refractivity contribution in [3.63, 3.8) is 0 Å². The van der Waals surface area contributed by atoms with E-state index in [9.17, 15) is 5.11 Å². The van der Waals surface area contributed by atoms with E-state index in [1.807, 2.05) is 6.92 Å². The molecule has 0 saturated heterocycles. The van der Waals surface area contributed by atoms with Crippen LogP contribution in [0.2, 0.25) is 0 Å². The van der Waals surface area contributed by atoms with Crippen LogP contribution in [-0.2, 0) is 14.6 Å². The topological polar surface area (TPSA) is 38.4 Å². The summed E-state index contributed by atoms with van der Waals surface area (Å²) in [6, 6.07) is 0. The van der Waals surface area contributed by atoms with Crippen LogP contribution < -0.4 is 0 Å². The monoisotopic (exact) mass is 147 g/mol. The van der Waals surface area contributed by atoms with E-state index in [2.05, 4.69) is 4.74 Å². The molecule has 0 aliphatic carbocycles. The van der Waals surface area contributed by atoms with Crippen LogP contribution in [0.15, 0.2) is 0 Å². The maximum atomic E-state index is 9.77. The van der Waals surface area contributed by atoms with Gasteiger partial charge in [-0.2, -0.15) is 0 Å². The molecule has 0 spiro atoms. The van der Waals surface area contributed by atoms with Gasteiger partial charge in [0.15, 0.2) is 6.79 Å². The quantitative estimate of drug-likeness (QED) is 0.401. The fourth-order valence-corrected chi connectivity index (χ4v) is 0.612. The molecule has 0 heterocycles. The molecule has 0 aromatic carbocycles. The second-order valence-electron chi connectivity index (χ2n) is 1.93. The van der Waals surface area contributed by atoms with Gasteiger partial charge in [0.1, 0.15) is 0 Å². The first-order valence-corrected chi connectivity index (χ1v) is 3.65. The minimum atomic E-state index is -0.422. The summed E-state index contributed by atoms with van der Waals surface area (Å²) in [5, 5.41) is 9.77. The Hall–Kier alpha value is -0.120. The summed E-state index contributed by atoms with van der Waals surface area (Å²) in [4.78, 5) is 0. The van der Waals surface area contributed by atoms with Gasteiger partial charge in [-0.25, -0.2) is 5.11 Å². The molecule has 0 unspecified atom stereocenters. The molecule has 0 aromatic heterocycles. The van der Waals surface area contributed by atoms with Crippen LogP contribution >= 0.6 is 0 Å². The molecule has 0 amide bonds. The predicted molar refractivity (Wildman–Crippen MR) is 37.2 cm³/mol. The zero-order valence-corrected chi connectivity index (χ0v) is 6.47. The lowest BCUT2D eigenvalue weighted by molar-refractivity contribution is -0.0457. The fraction of sp³-hybridized carbons (Fsp3) is 1.00. The molecule has 0 saturated carbocycles. The summed E-state index contributed by atoms with van der Waals surface area (Å²) in [5.74, 6) is 0. The second kappa shape index (κ2) is 8.88. The second-order valence-corrected chi connectivity index (χ2v) is 1.93. The van der Waals surface area contributed by atoms with Crippen molar-refractivity contribution >= 4 is 0 Å². The average Bonchev–Trinajstić information content (AvgIpc) is 1.97. The van der Waals surface area contributed by atoms with Crippen molar-refractivity contribution in [1.29, 1.82) is 0 Å². The van der Waals surface area contributed by atoms with Gasteiger partial charge < -0.3 is 9.47 Å². The van der Waals surface area contributed by atoms with Crippen LogP contribution in [-0.4, -0.2) is 26.6 Å². The van der Waals surface area contributed by atoms with Crippen LogP contribution in [0, 0.1) is 0 Å². The van der Waals surface area contributed by atoms with Gasteiger partial charge in [-0.3, -0.25) is 0 Å². The SMILES string of the molecule is CCOCCCCOC[O]. The molecule has 0 fully saturated rings. The number of hydrogen-bond donors (Lipinski definition) is 0. The van der Waals surface area contributed by atoms with Gasteiger partial charge in [-0.15, -0.1) is 0 Å². The van der Waals surface area contributed by atoms with Crippen molar-refractivity contribution in [2.75, 3.05) is 26.6 Å². The molecule has 10 heavy (non-hydrogen) atoms. The Morgan fingerprint density at radius 2 is 1.70 bits per heavy atom. The molecule has 0 rings (SSSR count). The van der Waals surface area contributed by atoms with Gasteiger partial charge >= 0.3 is 0 Å². The molecule has 0 aromatic rings. The highest BCUT2D eigenvalue weighted by atomic mass is 16.6. The van der Waals surface area contributed by atoms with E-state index in [4.69, 9.17) is 4.74 Å². The molecule has 0 aliphatic rings. The van der Waals surface area contributed by atoms with E-state index in [0.717, 1.165) is 26.1 Å². The normalized spacial score (nSPS) is 10.2. The first-order valence-electron chi connectivity index (χ1n) is 3.65. The zero-order valence-electron chi connectivity index (χ0n) is 6.47. The van der Waals surface area contributed by atoms with E-state index in [1.54, 1.807) is 0 Å². The number of hydrogen-bond acceptors (Lipinski definition) is 2. The third-order valence-corrected chi connectivity index (χ3v) is 1.11. The molecule has 61 valence electrons. The van der Waals surface area contributed by atoms with Crippen molar-refractivity contribution in [3.05, 3.63) is 0 Å². The van der Waals surface area contributed by atoms with E-state index >= 15 is 0 Å². The van der Waals surface area contributed by atoms with Crippen LogP contribution in [0.25, 0.3) is 0 Å². The lowest BCUT2D eigenvalue weighted by Crippen LogP contribution is -1.98. The average molecular weight is 147 g/mol. The summed E-state index contributed by atoms with van der Waals surface area (Å²) >= 11 is 0. The largest absolute Gasteiger partial charge is 0.382 e. The zero-order chi connectivity index (χ0) is 7.66. The molecular weight excluding hydrogens is 132 g/mol. The Morgan fingerprint density at radius 3 is 2.20 bits per heavy atom. The molecule has 0 atom stereocenters. The summed E-state index contributed by atoms with van der Waals surface area (Å²) in [5.41, 5.74) is 0. The Balaban J connectivity index is 2.65. The summed E-state index contributed by atoms with van der Waals surface area (Å²) in [7, 11) is 0. The van der Waals surface area contributed by atoms with Crippen LogP contribution in [0.5, 0.6) is 0 Å². The lowest BCUT2D eigenvalue weighted by atomic mass is 10.3. The summed E-state index contributed by atoms with van der Waals surface area (Å²) < 4.78 is 9.68. The Labute approximate surface area is 62.0 Å². The van der Waals surface area contributed by atoms with Crippen molar-refractivity contribution in [3.8, 4) is 0 Å². The van der Waals surface area contributed by atoms with Crippen molar-refractivity contribution in [2.45, 2.75) is 19.8 Å². The van der Waals surface area contributed by atoms with E-state index in [1.165, 1.54) is 0 Å². The number of ether oxygens (including phenoxy) is 2. The number of unbranched alkanes of at least 4 members (excludes halogenated alkanes) is 1. The fourth-order valence-electron chi connectivity index (χ4n) is 0.612. The van der Waals surface area contributed by atoms with Crippen LogP contribution in [0.3, 0.4) is 0 Å². The standard InChI is InChI=1S/C7H15O3/c1-2-9-5-3-4-6-10-7-8/h2-7H2,1H3. The van der Waals surface area contributed by atoms with Gasteiger partial charge in [0.25, 0.3) is 0 Å². The Bertz CT molecular complexity index is 48.8. The molecule has 0 bridgehead atoms. The van der Waals surface area contributed by atoms with Crippen molar-refractivity contribution in [1.82, 2.24) is 0 Å². The highest BCUT2D eigenvalue weighted by Gasteiger charge is 1.87. The molecule has 3 nitrogen and oxygen atoms in total. The minimum Gasteiger partial charge on any atom is -0.382 e. The third kappa shape index (κ3) is 7.88. The maximum Gasteiger partial charge on any atom is 0.180 e. The Morgan fingerprint density at radius 1 is 1.10 bits per heavy atom. The summed E-state index contributed by atoms with van der Waals surface area (Å²) in [6.07, 6.45) is 1.90. The van der Waals surface area contributed by atoms with Gasteiger partial charge in [-0.1, -0.05) is 0 Å². The van der Waals surface area contributed by atoms with Gasteiger partial charge in [0.05, 0.1) is 0 Å². The maximum absolute atomic E-state index is 9.77. The van der Waals surface area contributed by atoms with Crippen LogP contribution in [0.4, 0.5) is 0 Å². The minimum absolute atomic E-state index is 0.422. The lowest BCUT2D eigenvalue weighted by Gasteiger charge is -1.99. The Kier molecular flexibility index (Phi) is 8.77. The highest BCUT2D eigenvalue weighted by Crippen LogP contribution is 1.90. The number of rotatable bonds is 7.